The molecule has 6 heteroatoms. The van der Waals surface area contributed by atoms with Gasteiger partial charge in [-0.15, -0.1) is 0 Å². The monoisotopic (exact) mass is 286 g/mol. The lowest BCUT2D eigenvalue weighted by Crippen LogP contribution is -2.29. The van der Waals surface area contributed by atoms with Gasteiger partial charge in [0.2, 0.25) is 0 Å². The van der Waals surface area contributed by atoms with Crippen LogP contribution in [0, 0.1) is 24.0 Å². The Morgan fingerprint density at radius 3 is 2.71 bits per heavy atom. The van der Waals surface area contributed by atoms with Crippen LogP contribution in [0.2, 0.25) is 0 Å². The standard InChI is InChI=1S/C15H14N2O4/c1-9-7-13(10(2)21-9)15(18)16-6-5-11-3-4-12(17(19)20)8-14(11)16/h3-4,7-8H,5-6H2,1-2H3. The first-order valence-corrected chi connectivity index (χ1v) is 6.63. The van der Waals surface area contributed by atoms with Crippen molar-refractivity contribution in [2.24, 2.45) is 0 Å². The van der Waals surface area contributed by atoms with Crippen molar-refractivity contribution in [2.45, 2.75) is 20.3 Å². The number of amides is 1. The summed E-state index contributed by atoms with van der Waals surface area (Å²) in [7, 11) is 0. The fraction of sp³-hybridized carbons (Fsp3) is 0.267. The molecule has 108 valence electrons. The molecule has 1 aliphatic heterocycles. The third-order valence-electron chi connectivity index (χ3n) is 3.69. The highest BCUT2D eigenvalue weighted by atomic mass is 16.6. The molecule has 0 radical (unpaired) electrons. The predicted molar refractivity (Wildman–Crippen MR) is 76.7 cm³/mol. The van der Waals surface area contributed by atoms with Gasteiger partial charge in [0.25, 0.3) is 11.6 Å². The van der Waals surface area contributed by atoms with Crippen molar-refractivity contribution in [3.63, 3.8) is 0 Å². The van der Waals surface area contributed by atoms with E-state index in [9.17, 15) is 14.9 Å². The Bertz CT molecular complexity index is 748. The SMILES string of the molecule is Cc1cc(C(=O)N2CCc3ccc([N+](=O)[O-])cc32)c(C)o1. The number of rotatable bonds is 2. The largest absolute Gasteiger partial charge is 0.466 e. The van der Waals surface area contributed by atoms with Crippen LogP contribution in [0.15, 0.2) is 28.7 Å². The fourth-order valence-electron chi connectivity index (χ4n) is 2.68. The average Bonchev–Trinajstić information content (AvgIpc) is 3.00. The topological polar surface area (TPSA) is 76.6 Å². The summed E-state index contributed by atoms with van der Waals surface area (Å²) < 4.78 is 5.39. The minimum atomic E-state index is -0.450. The molecule has 0 unspecified atom stereocenters. The summed E-state index contributed by atoms with van der Waals surface area (Å²) in [5, 5.41) is 10.9. The maximum Gasteiger partial charge on any atom is 0.271 e. The van der Waals surface area contributed by atoms with E-state index in [1.807, 2.05) is 0 Å². The number of nitro groups is 1. The molecule has 0 atom stereocenters. The molecule has 6 nitrogen and oxygen atoms in total. The zero-order valence-electron chi connectivity index (χ0n) is 11.8. The lowest BCUT2D eigenvalue weighted by Gasteiger charge is -2.16. The molecule has 0 saturated heterocycles. The van der Waals surface area contributed by atoms with Gasteiger partial charge < -0.3 is 9.32 Å². The van der Waals surface area contributed by atoms with Crippen molar-refractivity contribution >= 4 is 17.3 Å². The molecule has 0 bridgehead atoms. The highest BCUT2D eigenvalue weighted by Gasteiger charge is 2.29. The molecule has 2 aromatic rings. The van der Waals surface area contributed by atoms with Crippen LogP contribution in [-0.2, 0) is 6.42 Å². The average molecular weight is 286 g/mol. The molecule has 1 aromatic carbocycles. The molecule has 0 saturated carbocycles. The van der Waals surface area contributed by atoms with Gasteiger partial charge in [0.05, 0.1) is 16.2 Å². The number of fused-ring (bicyclic) bond motifs is 1. The molecule has 1 amide bonds. The third kappa shape index (κ3) is 2.18. The summed E-state index contributed by atoms with van der Waals surface area (Å²) in [4.78, 5) is 24.6. The van der Waals surface area contributed by atoms with Crippen molar-refractivity contribution in [2.75, 3.05) is 11.4 Å². The number of carbonyl (C=O) groups is 1. The van der Waals surface area contributed by atoms with Crippen LogP contribution in [-0.4, -0.2) is 17.4 Å². The first kappa shape index (κ1) is 13.4. The van der Waals surface area contributed by atoms with Gasteiger partial charge in [0.15, 0.2) is 0 Å². The summed E-state index contributed by atoms with van der Waals surface area (Å²) >= 11 is 0. The molecule has 0 N–H and O–H groups in total. The van der Waals surface area contributed by atoms with Gasteiger partial charge in [-0.05, 0) is 31.9 Å². The summed E-state index contributed by atoms with van der Waals surface area (Å²) in [5.41, 5.74) is 2.07. The predicted octanol–water partition coefficient (Wildman–Crippen LogP) is 3.01. The Kier molecular flexibility index (Phi) is 3.01. The normalized spacial score (nSPS) is 13.3. The molecule has 0 fully saturated rings. The Hall–Kier alpha value is -2.63. The van der Waals surface area contributed by atoms with Gasteiger partial charge in [-0.3, -0.25) is 14.9 Å². The van der Waals surface area contributed by atoms with E-state index in [0.29, 0.717) is 35.7 Å². The van der Waals surface area contributed by atoms with E-state index in [0.717, 1.165) is 5.56 Å². The van der Waals surface area contributed by atoms with Crippen LogP contribution in [0.4, 0.5) is 11.4 Å². The number of non-ortho nitro benzene ring substituents is 1. The molecular weight excluding hydrogens is 272 g/mol. The van der Waals surface area contributed by atoms with E-state index >= 15 is 0 Å². The van der Waals surface area contributed by atoms with Crippen molar-refractivity contribution in [3.05, 3.63) is 57.0 Å². The van der Waals surface area contributed by atoms with E-state index in [1.165, 1.54) is 12.1 Å². The van der Waals surface area contributed by atoms with Crippen LogP contribution >= 0.6 is 0 Å². The lowest BCUT2D eigenvalue weighted by atomic mass is 10.1. The Balaban J connectivity index is 2.00. The number of benzene rings is 1. The molecule has 0 spiro atoms. The molecular formula is C15H14N2O4. The maximum atomic E-state index is 12.6. The molecule has 1 aliphatic rings. The summed E-state index contributed by atoms with van der Waals surface area (Å²) in [6.45, 7) is 4.05. The van der Waals surface area contributed by atoms with E-state index < -0.39 is 4.92 Å². The number of anilines is 1. The Labute approximate surface area is 121 Å². The second kappa shape index (κ2) is 4.73. The number of furan rings is 1. The Morgan fingerprint density at radius 1 is 1.33 bits per heavy atom. The molecule has 3 rings (SSSR count). The number of nitro benzene ring substituents is 1. The summed E-state index contributed by atoms with van der Waals surface area (Å²) in [6.07, 6.45) is 0.703. The minimum absolute atomic E-state index is 0.00598. The van der Waals surface area contributed by atoms with Gasteiger partial charge in [-0.1, -0.05) is 6.07 Å². The van der Waals surface area contributed by atoms with Crippen molar-refractivity contribution < 1.29 is 14.1 Å². The first-order chi connectivity index (χ1) is 9.97. The summed E-state index contributed by atoms with van der Waals surface area (Å²) in [5.74, 6) is 1.06. The van der Waals surface area contributed by atoms with Gasteiger partial charge in [0.1, 0.15) is 11.5 Å². The minimum Gasteiger partial charge on any atom is -0.466 e. The first-order valence-electron chi connectivity index (χ1n) is 6.63. The quantitative estimate of drug-likeness (QED) is 0.628. The highest BCUT2D eigenvalue weighted by Crippen LogP contribution is 2.33. The molecule has 21 heavy (non-hydrogen) atoms. The van der Waals surface area contributed by atoms with Crippen molar-refractivity contribution in [3.8, 4) is 0 Å². The molecule has 0 aliphatic carbocycles. The van der Waals surface area contributed by atoms with Crippen LogP contribution < -0.4 is 4.90 Å². The van der Waals surface area contributed by atoms with Gasteiger partial charge in [-0.25, -0.2) is 0 Å². The third-order valence-corrected chi connectivity index (χ3v) is 3.69. The van der Waals surface area contributed by atoms with E-state index in [4.69, 9.17) is 4.42 Å². The zero-order chi connectivity index (χ0) is 15.1. The molecule has 1 aromatic heterocycles. The van der Waals surface area contributed by atoms with Gasteiger partial charge in [-0.2, -0.15) is 0 Å². The Morgan fingerprint density at radius 2 is 2.10 bits per heavy atom. The van der Waals surface area contributed by atoms with Crippen LogP contribution in [0.25, 0.3) is 0 Å². The van der Waals surface area contributed by atoms with Crippen molar-refractivity contribution in [1.29, 1.82) is 0 Å². The smallest absolute Gasteiger partial charge is 0.271 e. The number of aryl methyl sites for hydroxylation is 2. The number of nitrogens with zero attached hydrogens (tertiary/aromatic N) is 2. The maximum absolute atomic E-state index is 12.6. The van der Waals surface area contributed by atoms with Crippen LogP contribution in [0.5, 0.6) is 0 Å². The van der Waals surface area contributed by atoms with E-state index in [1.54, 1.807) is 30.9 Å². The van der Waals surface area contributed by atoms with Crippen LogP contribution in [0.3, 0.4) is 0 Å². The second-order valence-electron chi connectivity index (χ2n) is 5.10. The van der Waals surface area contributed by atoms with Crippen molar-refractivity contribution in [1.82, 2.24) is 0 Å². The fourth-order valence-corrected chi connectivity index (χ4v) is 2.68. The van der Waals surface area contributed by atoms with Gasteiger partial charge in [0, 0.05) is 18.7 Å². The van der Waals surface area contributed by atoms with E-state index in [2.05, 4.69) is 0 Å². The highest BCUT2D eigenvalue weighted by molar-refractivity contribution is 6.08. The summed E-state index contributed by atoms with van der Waals surface area (Å²) in [6, 6.07) is 6.35. The lowest BCUT2D eigenvalue weighted by molar-refractivity contribution is -0.384. The zero-order valence-corrected chi connectivity index (χ0v) is 11.8. The van der Waals surface area contributed by atoms with Gasteiger partial charge >= 0.3 is 0 Å². The molecule has 2 heterocycles. The second-order valence-corrected chi connectivity index (χ2v) is 5.10. The van der Waals surface area contributed by atoms with E-state index in [-0.39, 0.29) is 11.6 Å². The number of hydrogen-bond donors (Lipinski definition) is 0. The number of carbonyl (C=O) groups excluding carboxylic acids is 1. The van der Waals surface area contributed by atoms with Crippen LogP contribution in [0.1, 0.15) is 27.4 Å². The number of hydrogen-bond acceptors (Lipinski definition) is 4.